The molecule has 0 amide bonds. The summed E-state index contributed by atoms with van der Waals surface area (Å²) in [5, 5.41) is 0. The van der Waals surface area contributed by atoms with Crippen molar-refractivity contribution in [2.24, 2.45) is 0 Å². The highest BCUT2D eigenvalue weighted by Gasteiger charge is 2.33. The standard InChI is InChI=1S/C16H23F3N2/c1-3-13(2)21-10-8-20(9-11-21)12-14-6-4-5-7-15(14)16(17,18)19/h4-7,13H,3,8-12H2,1-2H3. The van der Waals surface area contributed by atoms with Gasteiger partial charge in [-0.2, -0.15) is 13.2 Å². The second-order valence-electron chi connectivity index (χ2n) is 5.72. The molecule has 0 aromatic heterocycles. The molecule has 0 saturated carbocycles. The average molecular weight is 300 g/mol. The number of hydrogen-bond acceptors (Lipinski definition) is 2. The maximum absolute atomic E-state index is 13.0. The Morgan fingerprint density at radius 3 is 2.29 bits per heavy atom. The largest absolute Gasteiger partial charge is 0.416 e. The topological polar surface area (TPSA) is 6.48 Å². The average Bonchev–Trinajstić information content (AvgIpc) is 2.47. The van der Waals surface area contributed by atoms with Gasteiger partial charge in [0.2, 0.25) is 0 Å². The Balaban J connectivity index is 1.98. The van der Waals surface area contributed by atoms with Crippen LogP contribution in [0.2, 0.25) is 0 Å². The minimum atomic E-state index is -4.27. The van der Waals surface area contributed by atoms with Crippen molar-refractivity contribution in [1.29, 1.82) is 0 Å². The van der Waals surface area contributed by atoms with E-state index in [4.69, 9.17) is 0 Å². The maximum Gasteiger partial charge on any atom is 0.416 e. The van der Waals surface area contributed by atoms with Crippen molar-refractivity contribution in [3.8, 4) is 0 Å². The summed E-state index contributed by atoms with van der Waals surface area (Å²) in [4.78, 5) is 4.52. The van der Waals surface area contributed by atoms with E-state index in [0.717, 1.165) is 32.6 Å². The number of alkyl halides is 3. The van der Waals surface area contributed by atoms with Crippen molar-refractivity contribution in [3.05, 3.63) is 35.4 Å². The van der Waals surface area contributed by atoms with Crippen molar-refractivity contribution >= 4 is 0 Å². The van der Waals surface area contributed by atoms with Gasteiger partial charge in [0.1, 0.15) is 0 Å². The van der Waals surface area contributed by atoms with Gasteiger partial charge in [-0.3, -0.25) is 9.80 Å². The lowest BCUT2D eigenvalue weighted by molar-refractivity contribution is -0.138. The van der Waals surface area contributed by atoms with E-state index in [2.05, 4.69) is 23.6 Å². The molecule has 1 aromatic rings. The van der Waals surface area contributed by atoms with E-state index in [0.29, 0.717) is 18.2 Å². The predicted molar refractivity (Wildman–Crippen MR) is 78.0 cm³/mol. The van der Waals surface area contributed by atoms with Crippen LogP contribution in [0.3, 0.4) is 0 Å². The Kier molecular flexibility index (Phi) is 5.27. The van der Waals surface area contributed by atoms with Crippen LogP contribution in [-0.2, 0) is 12.7 Å². The molecule has 1 aliphatic heterocycles. The number of benzene rings is 1. The Hall–Kier alpha value is -1.07. The van der Waals surface area contributed by atoms with Gasteiger partial charge >= 0.3 is 6.18 Å². The lowest BCUT2D eigenvalue weighted by Crippen LogP contribution is -2.49. The van der Waals surface area contributed by atoms with Gasteiger partial charge in [0, 0.05) is 38.8 Å². The fourth-order valence-corrected chi connectivity index (χ4v) is 2.80. The van der Waals surface area contributed by atoms with Gasteiger partial charge in [0.15, 0.2) is 0 Å². The second-order valence-corrected chi connectivity index (χ2v) is 5.72. The van der Waals surface area contributed by atoms with Gasteiger partial charge in [-0.25, -0.2) is 0 Å². The lowest BCUT2D eigenvalue weighted by Gasteiger charge is -2.38. The monoisotopic (exact) mass is 300 g/mol. The molecule has 1 saturated heterocycles. The van der Waals surface area contributed by atoms with Crippen LogP contribution in [0.25, 0.3) is 0 Å². The van der Waals surface area contributed by atoms with Crippen LogP contribution in [0.1, 0.15) is 31.4 Å². The number of rotatable bonds is 4. The summed E-state index contributed by atoms with van der Waals surface area (Å²) in [5.41, 5.74) is -0.128. The zero-order chi connectivity index (χ0) is 15.5. The first-order valence-electron chi connectivity index (χ1n) is 7.53. The fourth-order valence-electron chi connectivity index (χ4n) is 2.80. The summed E-state index contributed by atoms with van der Waals surface area (Å²) >= 11 is 0. The van der Waals surface area contributed by atoms with Crippen molar-refractivity contribution in [1.82, 2.24) is 9.80 Å². The molecule has 118 valence electrons. The molecule has 0 bridgehead atoms. The Labute approximate surface area is 124 Å². The van der Waals surface area contributed by atoms with Gasteiger partial charge in [-0.05, 0) is 25.0 Å². The van der Waals surface area contributed by atoms with Crippen LogP contribution >= 0.6 is 0 Å². The molecule has 0 radical (unpaired) electrons. The van der Waals surface area contributed by atoms with Crippen molar-refractivity contribution in [2.75, 3.05) is 26.2 Å². The molecule has 0 aliphatic carbocycles. The minimum Gasteiger partial charge on any atom is -0.298 e. The Morgan fingerprint density at radius 1 is 1.10 bits per heavy atom. The van der Waals surface area contributed by atoms with Crippen LogP contribution in [0, 0.1) is 0 Å². The van der Waals surface area contributed by atoms with Crippen molar-refractivity contribution in [2.45, 2.75) is 39.0 Å². The zero-order valence-corrected chi connectivity index (χ0v) is 12.7. The van der Waals surface area contributed by atoms with E-state index < -0.39 is 11.7 Å². The van der Waals surface area contributed by atoms with Gasteiger partial charge in [-0.15, -0.1) is 0 Å². The smallest absolute Gasteiger partial charge is 0.298 e. The summed E-state index contributed by atoms with van der Waals surface area (Å²) in [6.45, 7) is 8.27. The summed E-state index contributed by atoms with van der Waals surface area (Å²) in [6, 6.07) is 6.44. The number of nitrogens with zero attached hydrogens (tertiary/aromatic N) is 2. The normalized spacial score (nSPS) is 19.7. The van der Waals surface area contributed by atoms with Gasteiger partial charge in [0.25, 0.3) is 0 Å². The third-order valence-corrected chi connectivity index (χ3v) is 4.34. The predicted octanol–water partition coefficient (Wildman–Crippen LogP) is 3.62. The van der Waals surface area contributed by atoms with E-state index in [1.807, 2.05) is 0 Å². The molecule has 21 heavy (non-hydrogen) atoms. The van der Waals surface area contributed by atoms with Crippen LogP contribution < -0.4 is 0 Å². The molecule has 1 unspecified atom stereocenters. The highest BCUT2D eigenvalue weighted by Crippen LogP contribution is 2.32. The molecular formula is C16H23F3N2. The Morgan fingerprint density at radius 2 is 1.71 bits per heavy atom. The first kappa shape index (κ1) is 16.3. The SMILES string of the molecule is CCC(C)N1CCN(Cc2ccccc2C(F)(F)F)CC1. The van der Waals surface area contributed by atoms with Crippen molar-refractivity contribution in [3.63, 3.8) is 0 Å². The molecular weight excluding hydrogens is 277 g/mol. The molecule has 2 nitrogen and oxygen atoms in total. The van der Waals surface area contributed by atoms with E-state index in [1.54, 1.807) is 12.1 Å². The van der Waals surface area contributed by atoms with Gasteiger partial charge in [-0.1, -0.05) is 25.1 Å². The van der Waals surface area contributed by atoms with E-state index >= 15 is 0 Å². The molecule has 0 N–H and O–H groups in total. The van der Waals surface area contributed by atoms with Crippen LogP contribution in [0.4, 0.5) is 13.2 Å². The molecule has 2 rings (SSSR count). The first-order chi connectivity index (χ1) is 9.91. The molecule has 5 heteroatoms. The number of halogens is 3. The molecule has 0 spiro atoms. The van der Waals surface area contributed by atoms with Gasteiger partial charge < -0.3 is 0 Å². The van der Waals surface area contributed by atoms with Crippen LogP contribution in [-0.4, -0.2) is 42.0 Å². The van der Waals surface area contributed by atoms with E-state index in [-0.39, 0.29) is 0 Å². The Bertz CT molecular complexity index is 451. The number of hydrogen-bond donors (Lipinski definition) is 0. The third-order valence-electron chi connectivity index (χ3n) is 4.34. The fraction of sp³-hybridized carbons (Fsp3) is 0.625. The maximum atomic E-state index is 13.0. The molecule has 1 heterocycles. The summed E-state index contributed by atoms with van der Waals surface area (Å²) in [6.07, 6.45) is -3.16. The van der Waals surface area contributed by atoms with E-state index in [9.17, 15) is 13.2 Å². The molecule has 1 aliphatic rings. The van der Waals surface area contributed by atoms with E-state index in [1.165, 1.54) is 12.1 Å². The number of piperazine rings is 1. The first-order valence-corrected chi connectivity index (χ1v) is 7.53. The summed E-state index contributed by atoms with van der Waals surface area (Å²) < 4.78 is 39.0. The highest BCUT2D eigenvalue weighted by atomic mass is 19.4. The van der Waals surface area contributed by atoms with Crippen LogP contribution in [0.5, 0.6) is 0 Å². The molecule has 1 fully saturated rings. The van der Waals surface area contributed by atoms with Gasteiger partial charge in [0.05, 0.1) is 5.56 Å². The second kappa shape index (κ2) is 6.79. The minimum absolute atomic E-state index is 0.377. The molecule has 1 aromatic carbocycles. The lowest BCUT2D eigenvalue weighted by atomic mass is 10.1. The molecule has 1 atom stereocenters. The summed E-state index contributed by atoms with van der Waals surface area (Å²) in [5.74, 6) is 0. The van der Waals surface area contributed by atoms with Crippen LogP contribution in [0.15, 0.2) is 24.3 Å². The quantitative estimate of drug-likeness (QED) is 0.838. The highest BCUT2D eigenvalue weighted by molar-refractivity contribution is 5.29. The third kappa shape index (κ3) is 4.20. The summed E-state index contributed by atoms with van der Waals surface area (Å²) in [7, 11) is 0. The van der Waals surface area contributed by atoms with Crippen molar-refractivity contribution < 1.29 is 13.2 Å². The zero-order valence-electron chi connectivity index (χ0n) is 12.7.